The number of methoxy groups -OCH3 is 2. The number of aryl methyl sites for hydroxylation is 1. The smallest absolute Gasteiger partial charge is 0.343 e. The molecule has 0 aliphatic heterocycles. The molecule has 0 aliphatic carbocycles. The highest BCUT2D eigenvalue weighted by Gasteiger charge is 2.28. The summed E-state index contributed by atoms with van der Waals surface area (Å²) in [5, 5.41) is 0.316. The molecule has 0 amide bonds. The van der Waals surface area contributed by atoms with Crippen LogP contribution in [0.15, 0.2) is 48.5 Å². The average molecular weight is 492 g/mol. The maximum Gasteiger partial charge on any atom is 0.343 e. The van der Waals surface area contributed by atoms with Crippen molar-refractivity contribution in [1.82, 2.24) is 15.0 Å². The number of hydrogen-bond acceptors (Lipinski definition) is 9. The van der Waals surface area contributed by atoms with E-state index in [2.05, 4.69) is 15.0 Å². The summed E-state index contributed by atoms with van der Waals surface area (Å²) in [4.78, 5) is 37.8. The van der Waals surface area contributed by atoms with Gasteiger partial charge in [-0.1, -0.05) is 30.3 Å². The van der Waals surface area contributed by atoms with Gasteiger partial charge < -0.3 is 28.7 Å². The highest BCUT2D eigenvalue weighted by molar-refractivity contribution is 6.15. The Hall–Kier alpha value is -4.60. The van der Waals surface area contributed by atoms with E-state index in [4.69, 9.17) is 23.7 Å². The second-order valence-corrected chi connectivity index (χ2v) is 7.61. The lowest BCUT2D eigenvalue weighted by Crippen LogP contribution is -2.11. The monoisotopic (exact) mass is 491 g/mol. The van der Waals surface area contributed by atoms with Gasteiger partial charge in [0.2, 0.25) is 11.8 Å². The minimum Gasteiger partial charge on any atom is -0.481 e. The van der Waals surface area contributed by atoms with Gasteiger partial charge in [-0.2, -0.15) is 9.97 Å². The van der Waals surface area contributed by atoms with E-state index in [1.807, 2.05) is 30.3 Å². The Labute approximate surface area is 207 Å². The summed E-state index contributed by atoms with van der Waals surface area (Å²) in [6.07, 6.45) is 0. The average Bonchev–Trinajstić information content (AvgIpc) is 3.23. The first kappa shape index (κ1) is 24.5. The van der Waals surface area contributed by atoms with Crippen molar-refractivity contribution in [1.29, 1.82) is 0 Å². The second kappa shape index (κ2) is 10.8. The zero-order valence-corrected chi connectivity index (χ0v) is 20.3. The van der Waals surface area contributed by atoms with Crippen LogP contribution in [0.4, 0.5) is 0 Å². The molecule has 186 valence electrons. The van der Waals surface area contributed by atoms with Crippen LogP contribution >= 0.6 is 0 Å². The first-order chi connectivity index (χ1) is 17.4. The van der Waals surface area contributed by atoms with Crippen molar-refractivity contribution >= 4 is 22.8 Å². The number of aromatic amines is 1. The third-order valence-corrected chi connectivity index (χ3v) is 5.29. The number of carbonyl (C=O) groups excluding carboxylic acids is 2. The number of ether oxygens (including phenoxy) is 5. The highest BCUT2D eigenvalue weighted by atomic mass is 16.5. The highest BCUT2D eigenvalue weighted by Crippen LogP contribution is 2.36. The summed E-state index contributed by atoms with van der Waals surface area (Å²) in [5.41, 5.74) is 2.13. The Morgan fingerprint density at radius 2 is 1.56 bits per heavy atom. The van der Waals surface area contributed by atoms with E-state index in [-0.39, 0.29) is 47.9 Å². The van der Waals surface area contributed by atoms with Crippen LogP contribution in [-0.4, -0.2) is 47.7 Å². The number of benzene rings is 2. The molecule has 0 saturated heterocycles. The van der Waals surface area contributed by atoms with Crippen LogP contribution in [-0.2, 0) is 16.1 Å². The first-order valence-corrected chi connectivity index (χ1v) is 11.1. The quantitative estimate of drug-likeness (QED) is 0.334. The lowest BCUT2D eigenvalue weighted by Gasteiger charge is -2.13. The van der Waals surface area contributed by atoms with Gasteiger partial charge in [0.05, 0.1) is 32.5 Å². The predicted molar refractivity (Wildman–Crippen MR) is 130 cm³/mol. The van der Waals surface area contributed by atoms with Crippen molar-refractivity contribution in [3.63, 3.8) is 0 Å². The van der Waals surface area contributed by atoms with Gasteiger partial charge in [0.15, 0.2) is 0 Å². The van der Waals surface area contributed by atoms with Crippen molar-refractivity contribution in [2.24, 2.45) is 0 Å². The van der Waals surface area contributed by atoms with Gasteiger partial charge in [-0.15, -0.1) is 0 Å². The van der Waals surface area contributed by atoms with E-state index in [0.717, 1.165) is 5.56 Å². The third-order valence-electron chi connectivity index (χ3n) is 5.29. The van der Waals surface area contributed by atoms with E-state index in [1.165, 1.54) is 20.3 Å². The Morgan fingerprint density at radius 3 is 2.19 bits per heavy atom. The number of carbonyl (C=O) groups is 2. The molecule has 0 aliphatic rings. The van der Waals surface area contributed by atoms with Gasteiger partial charge in [0.1, 0.15) is 17.9 Å². The summed E-state index contributed by atoms with van der Waals surface area (Å²) in [5.74, 6) is -0.777. The van der Waals surface area contributed by atoms with Crippen molar-refractivity contribution in [2.45, 2.75) is 20.5 Å². The molecule has 2 heterocycles. The molecule has 10 nitrogen and oxygen atoms in total. The maximum atomic E-state index is 13.5. The molecule has 0 fully saturated rings. The van der Waals surface area contributed by atoms with Gasteiger partial charge in [0.25, 0.3) is 0 Å². The van der Waals surface area contributed by atoms with E-state index in [1.54, 1.807) is 26.0 Å². The number of fused-ring (bicyclic) bond motifs is 1. The van der Waals surface area contributed by atoms with E-state index in [0.29, 0.717) is 16.6 Å². The number of nitrogens with one attached hydrogen (secondary N) is 1. The molecule has 36 heavy (non-hydrogen) atoms. The molecular weight excluding hydrogens is 466 g/mol. The number of aromatic nitrogens is 3. The van der Waals surface area contributed by atoms with E-state index >= 15 is 0 Å². The molecule has 0 atom stereocenters. The van der Waals surface area contributed by atoms with Crippen LogP contribution in [0, 0.1) is 6.92 Å². The molecule has 2 aromatic heterocycles. The summed E-state index contributed by atoms with van der Waals surface area (Å²) < 4.78 is 27.2. The Kier molecular flexibility index (Phi) is 7.33. The SMILES string of the molecule is CCOC(=O)c1c(C)[nH]c2ccc(Oc3nc(OC)cc(OC)n3)c(C(=O)OCc3ccccc3)c12. The first-order valence-electron chi connectivity index (χ1n) is 11.1. The number of nitrogens with zero attached hydrogens (tertiary/aromatic N) is 2. The van der Waals surface area contributed by atoms with Crippen molar-refractivity contribution < 1.29 is 33.3 Å². The Bertz CT molecular complexity index is 1380. The van der Waals surface area contributed by atoms with Crippen LogP contribution in [0.5, 0.6) is 23.5 Å². The zero-order valence-electron chi connectivity index (χ0n) is 20.3. The van der Waals surface area contributed by atoms with Gasteiger partial charge in [0, 0.05) is 16.6 Å². The molecule has 10 heteroatoms. The lowest BCUT2D eigenvalue weighted by molar-refractivity contribution is 0.0472. The normalized spacial score (nSPS) is 10.7. The van der Waals surface area contributed by atoms with Crippen LogP contribution < -0.4 is 14.2 Å². The predicted octanol–water partition coefficient (Wildman–Crippen LogP) is 4.61. The molecule has 0 radical (unpaired) electrons. The third kappa shape index (κ3) is 5.07. The summed E-state index contributed by atoms with van der Waals surface area (Å²) >= 11 is 0. The Balaban J connectivity index is 1.84. The van der Waals surface area contributed by atoms with Crippen molar-refractivity contribution in [3.05, 3.63) is 70.9 Å². The summed E-state index contributed by atoms with van der Waals surface area (Å²) in [6, 6.07) is 13.9. The zero-order chi connectivity index (χ0) is 25.7. The topological polar surface area (TPSA) is 122 Å². The fraction of sp³-hybridized carbons (Fsp3) is 0.231. The fourth-order valence-electron chi connectivity index (χ4n) is 3.68. The van der Waals surface area contributed by atoms with Gasteiger partial charge in [-0.25, -0.2) is 9.59 Å². The number of hydrogen-bond donors (Lipinski definition) is 1. The van der Waals surface area contributed by atoms with Gasteiger partial charge in [-0.05, 0) is 31.5 Å². The minimum atomic E-state index is -0.695. The molecule has 2 aromatic carbocycles. The molecule has 0 spiro atoms. The van der Waals surface area contributed by atoms with Crippen LogP contribution in [0.25, 0.3) is 10.9 Å². The lowest BCUT2D eigenvalue weighted by atomic mass is 10.0. The minimum absolute atomic E-state index is 0.0249. The van der Waals surface area contributed by atoms with E-state index in [9.17, 15) is 9.59 Å². The largest absolute Gasteiger partial charge is 0.481 e. The van der Waals surface area contributed by atoms with Crippen molar-refractivity contribution in [2.75, 3.05) is 20.8 Å². The molecule has 0 bridgehead atoms. The molecule has 0 unspecified atom stereocenters. The van der Waals surface area contributed by atoms with E-state index < -0.39 is 11.9 Å². The maximum absolute atomic E-state index is 13.5. The summed E-state index contributed by atoms with van der Waals surface area (Å²) in [6.45, 7) is 3.63. The number of rotatable bonds is 9. The molecule has 0 saturated carbocycles. The van der Waals surface area contributed by atoms with Crippen molar-refractivity contribution in [3.8, 4) is 23.5 Å². The molecule has 4 aromatic rings. The van der Waals surface area contributed by atoms with Gasteiger partial charge in [-0.3, -0.25) is 0 Å². The fourth-order valence-corrected chi connectivity index (χ4v) is 3.68. The number of H-pyrrole nitrogens is 1. The van der Waals surface area contributed by atoms with Crippen LogP contribution in [0.2, 0.25) is 0 Å². The summed E-state index contributed by atoms with van der Waals surface area (Å²) in [7, 11) is 2.89. The van der Waals surface area contributed by atoms with Crippen LogP contribution in [0.3, 0.4) is 0 Å². The number of esters is 2. The molecule has 1 N–H and O–H groups in total. The Morgan fingerprint density at radius 1 is 0.889 bits per heavy atom. The van der Waals surface area contributed by atoms with Crippen LogP contribution in [0.1, 0.15) is 38.9 Å². The molecular formula is C26H25N3O7. The standard InChI is InChI=1S/C26H25N3O7/c1-5-34-24(30)21-15(2)27-17-11-12-18(36-26-28-19(32-3)13-20(29-26)33-4)23(22(17)21)25(31)35-14-16-9-7-6-8-10-16/h6-13,27H,5,14H2,1-4H3. The second-order valence-electron chi connectivity index (χ2n) is 7.61. The van der Waals surface area contributed by atoms with Gasteiger partial charge >= 0.3 is 17.9 Å². The molecule has 4 rings (SSSR count).